The first kappa shape index (κ1) is 51.1. The number of fused-ring (bicyclic) bond motifs is 5. The van der Waals surface area contributed by atoms with Gasteiger partial charge in [-0.05, 0) is 97.2 Å². The summed E-state index contributed by atoms with van der Waals surface area (Å²) < 4.78 is 11.1. The Morgan fingerprint density at radius 1 is 0.661 bits per heavy atom. The van der Waals surface area contributed by atoms with Gasteiger partial charge in [0.25, 0.3) is 0 Å². The van der Waals surface area contributed by atoms with Crippen LogP contribution in [0.5, 0.6) is 0 Å². The summed E-state index contributed by atoms with van der Waals surface area (Å²) >= 11 is 0. The van der Waals surface area contributed by atoms with E-state index in [-0.39, 0.29) is 83.6 Å². The normalized spacial score (nSPS) is 29.0. The molecule has 3 saturated carbocycles. The molecule has 4 aliphatic carbocycles. The maximum Gasteiger partial charge on any atom is 3.00 e. The van der Waals surface area contributed by atoms with Gasteiger partial charge in [-0.15, -0.1) is 0 Å². The molecule has 333 valence electrons. The average molecular weight is 977 g/mol. The summed E-state index contributed by atoms with van der Waals surface area (Å²) in [6.45, 7) is 8.64. The maximum absolute atomic E-state index is 13.0. The Kier molecular flexibility index (Phi) is 20.2. The number of carbonyl (C=O) groups excluding carboxylic acids is 2. The van der Waals surface area contributed by atoms with Crippen LogP contribution in [0, 0.1) is 92.2 Å². The molecule has 0 aromatic carbocycles. The Morgan fingerprint density at radius 3 is 1.73 bits per heavy atom. The number of hydrogen-bond acceptors (Lipinski definition) is 11. The fourth-order valence-corrected chi connectivity index (χ4v) is 11.3. The van der Waals surface area contributed by atoms with Gasteiger partial charge in [-0.1, -0.05) is 66.0 Å². The summed E-state index contributed by atoms with van der Waals surface area (Å²) in [5, 5.41) is 36.8. The minimum Gasteiger partial charge on any atom is -0.480 e. The smallest absolute Gasteiger partial charge is 0.480 e. The predicted octanol–water partition coefficient (Wildman–Crippen LogP) is 4.58. The zero-order valence-corrected chi connectivity index (χ0v) is 37.9. The Bertz CT molecular complexity index is 1420. The van der Waals surface area contributed by atoms with Crippen molar-refractivity contribution < 1.29 is 98.6 Å². The van der Waals surface area contributed by atoms with Gasteiger partial charge in [-0.25, -0.2) is 4.79 Å². The second-order valence-corrected chi connectivity index (χ2v) is 18.6. The van der Waals surface area contributed by atoms with E-state index in [1.165, 1.54) is 49.8 Å². The molecule has 0 saturated heterocycles. The van der Waals surface area contributed by atoms with Crippen molar-refractivity contribution in [2.45, 2.75) is 105 Å². The van der Waals surface area contributed by atoms with E-state index < -0.39 is 75.1 Å². The minimum atomic E-state index is -1.25. The summed E-state index contributed by atoms with van der Waals surface area (Å²) in [5.41, 5.74) is 0.519. The van der Waals surface area contributed by atoms with Gasteiger partial charge in [-0.2, -0.15) is 0 Å². The molecule has 4 N–H and O–H groups in total. The number of carboxylic acids is 4. The molecule has 4 rings (SSSR count). The van der Waals surface area contributed by atoms with Crippen LogP contribution in [0.25, 0.3) is 0 Å². The Balaban J connectivity index is 0.00000930. The van der Waals surface area contributed by atoms with E-state index in [1.807, 2.05) is 0 Å². The first-order valence-electron chi connectivity index (χ1n) is 21.4. The van der Waals surface area contributed by atoms with Gasteiger partial charge in [-0.3, -0.25) is 38.7 Å². The summed E-state index contributed by atoms with van der Waals surface area (Å²) in [6, 6.07) is 0. The van der Waals surface area contributed by atoms with Gasteiger partial charge in [0, 0.05) is 26.2 Å². The van der Waals surface area contributed by atoms with Crippen LogP contribution in [0.1, 0.15) is 98.8 Å². The maximum atomic E-state index is 13.0. The van der Waals surface area contributed by atoms with Gasteiger partial charge in [0.05, 0.1) is 32.7 Å². The van der Waals surface area contributed by atoms with Gasteiger partial charge >= 0.3 is 75.8 Å². The second kappa shape index (κ2) is 23.3. The number of allylic oxidation sites excluding steroid dienone is 2. The molecule has 1 radical (unpaired) electrons. The third-order valence-electron chi connectivity index (χ3n) is 14.2. The van der Waals surface area contributed by atoms with Crippen molar-refractivity contribution in [1.29, 1.82) is 0 Å². The molecule has 0 heterocycles. The molecule has 0 aromatic heterocycles. The van der Waals surface area contributed by atoms with Crippen LogP contribution in [0.2, 0.25) is 0 Å². The van der Waals surface area contributed by atoms with E-state index in [4.69, 9.17) is 9.47 Å². The van der Waals surface area contributed by atoms with Crippen LogP contribution < -0.4 is 0 Å². The van der Waals surface area contributed by atoms with E-state index >= 15 is 0 Å². The topological polar surface area (TPSA) is 212 Å². The quantitative estimate of drug-likeness (QED) is 0.0771. The molecule has 16 heteroatoms. The van der Waals surface area contributed by atoms with Gasteiger partial charge in [0.2, 0.25) is 0 Å². The average Bonchev–Trinajstić information content (AvgIpc) is 3.48. The number of nitrogens with zero attached hydrogens (tertiary/aromatic N) is 3. The fraction of sp³-hybridized carbons (Fsp3) is 0.814. The largest absolute Gasteiger partial charge is 3.00 e. The van der Waals surface area contributed by atoms with E-state index in [0.717, 1.165) is 40.4 Å². The Hall–Kier alpha value is -2.24. The molecule has 9 unspecified atom stereocenters. The third-order valence-corrected chi connectivity index (χ3v) is 14.2. The standard InChI is InChI=1S/C43H69N3O12.Gd/c1-28(2)7-6-8-29(3)33-11-12-34-32-10-9-30-21-31(13-15-42(30,4)35(32)14-16-43(33,34)5)58-41(56)27-57-40(55)26-44(17-19-45(22-36(47)48)23-37(49)50)18-20-46(24-38(51)52)25-39(53)54;/h9-10,28-35H,6-8,11-27H2,1-5H3,(H,47,48)(H,49,50)(H,51,52)(H,53,54);/q;+3. The van der Waals surface area contributed by atoms with Crippen LogP contribution in [-0.4, -0.2) is 143 Å². The zero-order chi connectivity index (χ0) is 42.8. The number of esters is 2. The number of hydrogen-bond donors (Lipinski definition) is 4. The van der Waals surface area contributed by atoms with E-state index in [0.29, 0.717) is 29.6 Å². The van der Waals surface area contributed by atoms with Crippen molar-refractivity contribution >= 4 is 35.8 Å². The molecule has 59 heavy (non-hydrogen) atoms. The van der Waals surface area contributed by atoms with Crippen LogP contribution in [-0.2, 0) is 38.2 Å². The first-order valence-corrected chi connectivity index (χ1v) is 21.4. The summed E-state index contributed by atoms with van der Waals surface area (Å²) in [6.07, 6.45) is 16.1. The fourth-order valence-electron chi connectivity index (χ4n) is 11.3. The number of aliphatic carboxylic acids is 4. The molecule has 0 spiro atoms. The molecular weight excluding hydrogens is 908 g/mol. The number of carboxylic acid groups (broad SMARTS) is 4. The van der Waals surface area contributed by atoms with Crippen molar-refractivity contribution in [2.75, 3.05) is 65.5 Å². The van der Waals surface area contributed by atoms with E-state index in [2.05, 4.69) is 46.8 Å². The van der Waals surface area contributed by atoms with Crippen LogP contribution >= 0.6 is 0 Å². The molecule has 4 aliphatic rings. The van der Waals surface area contributed by atoms with Crippen molar-refractivity contribution in [1.82, 2.24) is 14.7 Å². The molecule has 0 bridgehead atoms. The van der Waals surface area contributed by atoms with Crippen molar-refractivity contribution in [3.8, 4) is 0 Å². The monoisotopic (exact) mass is 977 g/mol. The molecule has 0 aliphatic heterocycles. The molecule has 9 atom stereocenters. The molecule has 3 fully saturated rings. The molecule has 0 aromatic rings. The van der Waals surface area contributed by atoms with Gasteiger partial charge in [0.15, 0.2) is 6.61 Å². The SMILES string of the molecule is CC(C)CCCC(C)C1CCC2C3C=CC4CC(OC(=O)COC(=O)CN(CCN(CC(=O)O)CC(=O)O)CCN(CC(=O)O)CC(=O)O)CCC4(C)C3CCC12C.[Gd+3]. The third kappa shape index (κ3) is 14.7. The van der Waals surface area contributed by atoms with E-state index in [1.54, 1.807) is 0 Å². The van der Waals surface area contributed by atoms with Gasteiger partial charge < -0.3 is 29.9 Å². The second-order valence-electron chi connectivity index (χ2n) is 18.6. The van der Waals surface area contributed by atoms with Crippen molar-refractivity contribution in [3.05, 3.63) is 12.2 Å². The summed E-state index contributed by atoms with van der Waals surface area (Å²) in [5.74, 6) is -1.97. The Morgan fingerprint density at radius 2 is 1.19 bits per heavy atom. The van der Waals surface area contributed by atoms with Crippen LogP contribution in [0.4, 0.5) is 0 Å². The van der Waals surface area contributed by atoms with Crippen LogP contribution in [0.15, 0.2) is 12.2 Å². The number of carbonyl (C=O) groups is 6. The van der Waals surface area contributed by atoms with Crippen molar-refractivity contribution in [2.24, 2.45) is 52.3 Å². The Labute approximate surface area is 381 Å². The predicted molar refractivity (Wildman–Crippen MR) is 214 cm³/mol. The van der Waals surface area contributed by atoms with Crippen molar-refractivity contribution in [3.63, 3.8) is 0 Å². The molecule has 0 amide bonds. The summed E-state index contributed by atoms with van der Waals surface area (Å²) in [4.78, 5) is 74.9. The first-order chi connectivity index (χ1) is 27.3. The molecule has 15 nitrogen and oxygen atoms in total. The summed E-state index contributed by atoms with van der Waals surface area (Å²) in [7, 11) is 0. The zero-order valence-electron chi connectivity index (χ0n) is 35.7. The van der Waals surface area contributed by atoms with Crippen LogP contribution in [0.3, 0.4) is 0 Å². The van der Waals surface area contributed by atoms with Gasteiger partial charge in [0.1, 0.15) is 6.10 Å². The number of rotatable bonds is 24. The molecular formula is C43H69GdN3O12+3. The number of ether oxygens (including phenoxy) is 2. The minimum absolute atomic E-state index is 0. The van der Waals surface area contributed by atoms with E-state index in [9.17, 15) is 49.2 Å².